The van der Waals surface area contributed by atoms with Gasteiger partial charge in [0.1, 0.15) is 5.60 Å². The van der Waals surface area contributed by atoms with E-state index in [2.05, 4.69) is 47.7 Å². The van der Waals surface area contributed by atoms with Gasteiger partial charge >= 0.3 is 0 Å². The summed E-state index contributed by atoms with van der Waals surface area (Å²) < 4.78 is 12.3. The van der Waals surface area contributed by atoms with Crippen LogP contribution in [0.2, 0.25) is 18.1 Å². The van der Waals surface area contributed by atoms with Crippen molar-refractivity contribution in [3.8, 4) is 0 Å². The summed E-state index contributed by atoms with van der Waals surface area (Å²) in [7, 11) is -1.77. The van der Waals surface area contributed by atoms with E-state index in [0.29, 0.717) is 30.8 Å². The normalized spacial score (nSPS) is 47.1. The first-order chi connectivity index (χ1) is 15.7. The Morgan fingerprint density at radius 3 is 2.35 bits per heavy atom. The Morgan fingerprint density at radius 1 is 0.971 bits per heavy atom. The quantitative estimate of drug-likeness (QED) is 0.449. The third-order valence-electron chi connectivity index (χ3n) is 12.2. The smallest absolute Gasteiger partial charge is 0.192 e. The van der Waals surface area contributed by atoms with Crippen LogP contribution in [0.1, 0.15) is 98.0 Å². The van der Waals surface area contributed by atoms with Crippen molar-refractivity contribution in [3.63, 3.8) is 0 Å². The number of hydrogen-bond donors (Lipinski definition) is 2. The van der Waals surface area contributed by atoms with Gasteiger partial charge in [0.05, 0.1) is 18.1 Å². The highest BCUT2D eigenvalue weighted by atomic mass is 28.4. The molecule has 4 aliphatic rings. The molecule has 5 rings (SSSR count). The third-order valence-corrected chi connectivity index (χ3v) is 16.8. The van der Waals surface area contributed by atoms with Crippen LogP contribution >= 0.6 is 0 Å². The maximum absolute atomic E-state index is 12.4. The number of hydrogen-bond acceptors (Lipinski definition) is 4. The van der Waals surface area contributed by atoms with E-state index in [9.17, 15) is 10.2 Å². The fraction of sp³-hybridized carbons (Fsp3) is 0.862. The zero-order valence-electron chi connectivity index (χ0n) is 22.6. The zero-order valence-corrected chi connectivity index (χ0v) is 23.6. The van der Waals surface area contributed by atoms with E-state index in [4.69, 9.17) is 8.84 Å². The van der Waals surface area contributed by atoms with Gasteiger partial charge in [-0.1, -0.05) is 34.6 Å². The average molecular weight is 489 g/mol. The first-order valence-electron chi connectivity index (χ1n) is 13.8. The fourth-order valence-corrected chi connectivity index (χ4v) is 10.3. The summed E-state index contributed by atoms with van der Waals surface area (Å²) in [5, 5.41) is 24.6. The number of fused-ring (bicyclic) bond motifs is 5. The zero-order chi connectivity index (χ0) is 24.8. The lowest BCUT2D eigenvalue weighted by Gasteiger charge is -2.64. The Kier molecular flexibility index (Phi) is 5.67. The summed E-state index contributed by atoms with van der Waals surface area (Å²) in [6.45, 7) is 16.5. The van der Waals surface area contributed by atoms with Gasteiger partial charge < -0.3 is 19.1 Å². The Labute approximate surface area is 208 Å². The second-order valence-corrected chi connectivity index (χ2v) is 19.2. The van der Waals surface area contributed by atoms with Crippen LogP contribution in [-0.2, 0) is 10.0 Å². The predicted molar refractivity (Wildman–Crippen MR) is 138 cm³/mol. The summed E-state index contributed by atoms with van der Waals surface area (Å²) in [6, 6.07) is 1.89. The van der Waals surface area contributed by atoms with Crippen molar-refractivity contribution in [2.75, 3.05) is 0 Å². The molecule has 0 aliphatic heterocycles. The van der Waals surface area contributed by atoms with Crippen LogP contribution in [0.4, 0.5) is 0 Å². The van der Waals surface area contributed by atoms with E-state index in [1.165, 1.54) is 19.3 Å². The van der Waals surface area contributed by atoms with Crippen molar-refractivity contribution < 1.29 is 19.1 Å². The van der Waals surface area contributed by atoms with Crippen LogP contribution in [0, 0.1) is 28.6 Å². The van der Waals surface area contributed by atoms with Crippen molar-refractivity contribution in [2.24, 2.45) is 28.6 Å². The van der Waals surface area contributed by atoms with Crippen LogP contribution in [-0.4, -0.2) is 30.2 Å². The molecule has 0 aromatic carbocycles. The summed E-state index contributed by atoms with van der Waals surface area (Å²) in [4.78, 5) is 0. The molecule has 1 aromatic heterocycles. The van der Waals surface area contributed by atoms with Crippen molar-refractivity contribution in [1.82, 2.24) is 0 Å². The summed E-state index contributed by atoms with van der Waals surface area (Å²) in [5.41, 5.74) is -1.25. The molecule has 8 atom stereocenters. The van der Waals surface area contributed by atoms with E-state index in [1.807, 2.05) is 6.07 Å². The van der Waals surface area contributed by atoms with Gasteiger partial charge in [0.2, 0.25) is 0 Å². The van der Waals surface area contributed by atoms with Crippen molar-refractivity contribution in [3.05, 3.63) is 24.2 Å². The second-order valence-electron chi connectivity index (χ2n) is 14.4. The lowest BCUT2D eigenvalue weighted by Crippen LogP contribution is -2.64. The van der Waals surface area contributed by atoms with Gasteiger partial charge in [-0.25, -0.2) is 0 Å². The molecule has 1 aromatic rings. The lowest BCUT2D eigenvalue weighted by molar-refractivity contribution is -0.238. The lowest BCUT2D eigenvalue weighted by atomic mass is 9.43. The Bertz CT molecular complexity index is 906. The molecule has 4 saturated carbocycles. The third kappa shape index (κ3) is 3.25. The first-order valence-corrected chi connectivity index (χ1v) is 16.7. The SMILES string of the molecule is CC(C)(C)[Si](C)(C)O[C@H]1CC[C@@]2(C)[C@H](CC[C@@H]3[C@@H]2CC[C@]2(C)[C@@](O)(c4ccoc4)CC[C@]32O)C1. The Morgan fingerprint density at radius 2 is 1.71 bits per heavy atom. The maximum atomic E-state index is 12.4. The van der Waals surface area contributed by atoms with Gasteiger partial charge in [-0.2, -0.15) is 0 Å². The van der Waals surface area contributed by atoms with Gasteiger partial charge in [0, 0.05) is 17.1 Å². The van der Waals surface area contributed by atoms with Crippen LogP contribution in [0.5, 0.6) is 0 Å². The minimum Gasteiger partial charge on any atom is -0.472 e. The van der Waals surface area contributed by atoms with Crippen LogP contribution < -0.4 is 0 Å². The van der Waals surface area contributed by atoms with Gasteiger partial charge in [0.25, 0.3) is 0 Å². The highest BCUT2D eigenvalue weighted by Crippen LogP contribution is 2.71. The van der Waals surface area contributed by atoms with Gasteiger partial charge in [-0.05, 0) is 105 Å². The summed E-state index contributed by atoms with van der Waals surface area (Å²) >= 11 is 0. The molecule has 0 amide bonds. The number of furan rings is 1. The molecule has 1 heterocycles. The Balaban J connectivity index is 1.37. The molecule has 0 radical (unpaired) electrons. The van der Waals surface area contributed by atoms with Crippen molar-refractivity contribution >= 4 is 8.32 Å². The topological polar surface area (TPSA) is 62.8 Å². The largest absolute Gasteiger partial charge is 0.472 e. The molecule has 0 saturated heterocycles. The van der Waals surface area contributed by atoms with Crippen LogP contribution in [0.3, 0.4) is 0 Å². The summed E-state index contributed by atoms with van der Waals surface area (Å²) in [6.07, 6.45) is 12.8. The highest BCUT2D eigenvalue weighted by Gasteiger charge is 2.72. The molecule has 2 N–H and O–H groups in total. The molecule has 4 nitrogen and oxygen atoms in total. The molecule has 4 fully saturated rings. The van der Waals surface area contributed by atoms with E-state index in [0.717, 1.165) is 31.2 Å². The van der Waals surface area contributed by atoms with Crippen molar-refractivity contribution in [2.45, 2.75) is 128 Å². The van der Waals surface area contributed by atoms with Gasteiger partial charge in [-0.3, -0.25) is 0 Å². The molecular weight excluding hydrogens is 440 g/mol. The van der Waals surface area contributed by atoms with E-state index < -0.39 is 24.9 Å². The van der Waals surface area contributed by atoms with Gasteiger partial charge in [0.15, 0.2) is 8.32 Å². The Hall–Kier alpha value is -0.623. The predicted octanol–water partition coefficient (Wildman–Crippen LogP) is 7.02. The second kappa shape index (κ2) is 7.69. The fourth-order valence-electron chi connectivity index (χ4n) is 8.87. The highest BCUT2D eigenvalue weighted by molar-refractivity contribution is 6.74. The average Bonchev–Trinajstić information content (AvgIpc) is 3.35. The summed E-state index contributed by atoms with van der Waals surface area (Å²) in [5.74, 6) is 1.48. The van der Waals surface area contributed by atoms with E-state index >= 15 is 0 Å². The minimum absolute atomic E-state index is 0.247. The van der Waals surface area contributed by atoms with Crippen LogP contribution in [0.25, 0.3) is 0 Å². The molecule has 0 unspecified atom stereocenters. The number of rotatable bonds is 3. The number of aliphatic hydroxyl groups is 2. The minimum atomic E-state index is -1.77. The molecule has 34 heavy (non-hydrogen) atoms. The molecule has 5 heteroatoms. The standard InChI is InChI=1S/C29H48O4Si/c1-25(2,3)34(6,7)33-22-10-13-26(4)20(18-22)8-9-24-23(26)11-14-27(5)28(30,15-16-29(24,27)31)21-12-17-32-19-21/h12,17,19-20,22-24,30-31H,8-11,13-16,18H2,1-7H3/t20-,22+,23+,24-,26+,27-,28+,29+/m1/s1. The van der Waals surface area contributed by atoms with E-state index in [-0.39, 0.29) is 16.4 Å². The monoisotopic (exact) mass is 488 g/mol. The molecular formula is C29H48O4Si. The van der Waals surface area contributed by atoms with Gasteiger partial charge in [-0.15, -0.1) is 0 Å². The maximum Gasteiger partial charge on any atom is 0.192 e. The molecule has 4 aliphatic carbocycles. The molecule has 192 valence electrons. The van der Waals surface area contributed by atoms with Crippen LogP contribution in [0.15, 0.2) is 23.0 Å². The molecule has 0 spiro atoms. The first kappa shape index (κ1) is 25.0. The molecule has 0 bridgehead atoms. The van der Waals surface area contributed by atoms with E-state index in [1.54, 1.807) is 12.5 Å². The van der Waals surface area contributed by atoms with Crippen molar-refractivity contribution in [1.29, 1.82) is 0 Å².